The summed E-state index contributed by atoms with van der Waals surface area (Å²) in [4.78, 5) is 36.2. The van der Waals surface area contributed by atoms with E-state index in [9.17, 15) is 14.4 Å². The van der Waals surface area contributed by atoms with Gasteiger partial charge in [-0.15, -0.1) is 0 Å². The maximum Gasteiger partial charge on any atom is 0.338 e. The van der Waals surface area contributed by atoms with E-state index in [1.165, 1.54) is 24.3 Å². The van der Waals surface area contributed by atoms with E-state index >= 15 is 0 Å². The fourth-order valence-electron chi connectivity index (χ4n) is 3.78. The number of ketones is 1. The van der Waals surface area contributed by atoms with Crippen molar-refractivity contribution in [1.29, 1.82) is 0 Å². The van der Waals surface area contributed by atoms with Crippen molar-refractivity contribution in [2.45, 2.75) is 26.5 Å². The zero-order valence-electron chi connectivity index (χ0n) is 18.4. The molecule has 2 N–H and O–H groups in total. The molecule has 8 heteroatoms. The van der Waals surface area contributed by atoms with E-state index in [2.05, 4.69) is 0 Å². The number of aryl methyl sites for hydroxylation is 1. The number of rotatable bonds is 7. The summed E-state index contributed by atoms with van der Waals surface area (Å²) in [6, 6.07) is 15.0. The van der Waals surface area contributed by atoms with E-state index in [0.29, 0.717) is 24.5 Å². The number of carbonyl (C=O) groups is 3. The third-order valence-corrected chi connectivity index (χ3v) is 5.57. The molecule has 0 fully saturated rings. The number of esters is 1. The highest BCUT2D eigenvalue weighted by Crippen LogP contribution is 2.31. The van der Waals surface area contributed by atoms with Crippen molar-refractivity contribution >= 4 is 17.7 Å². The fraction of sp³-hybridized carbons (Fsp3) is 0.240. The largest absolute Gasteiger partial charge is 0.486 e. The first kappa shape index (κ1) is 22.1. The van der Waals surface area contributed by atoms with Crippen LogP contribution in [-0.2, 0) is 11.3 Å². The van der Waals surface area contributed by atoms with Gasteiger partial charge in [0, 0.05) is 22.5 Å². The van der Waals surface area contributed by atoms with E-state index in [-0.39, 0.29) is 23.0 Å². The smallest absolute Gasteiger partial charge is 0.338 e. The van der Waals surface area contributed by atoms with Crippen LogP contribution in [0.2, 0.25) is 0 Å². The van der Waals surface area contributed by atoms with E-state index in [1.807, 2.05) is 42.7 Å². The molecule has 170 valence electrons. The number of fused-ring (bicyclic) bond motifs is 1. The maximum atomic E-state index is 12.8. The molecule has 4 rings (SSSR count). The number of hydrogen-bond donors (Lipinski definition) is 1. The van der Waals surface area contributed by atoms with E-state index < -0.39 is 18.5 Å². The van der Waals surface area contributed by atoms with Crippen molar-refractivity contribution in [2.24, 2.45) is 5.73 Å². The Morgan fingerprint density at radius 2 is 1.70 bits per heavy atom. The van der Waals surface area contributed by atoms with Gasteiger partial charge in [0.2, 0.25) is 11.7 Å². The third-order valence-electron chi connectivity index (χ3n) is 5.57. The van der Waals surface area contributed by atoms with Crippen molar-refractivity contribution in [2.75, 3.05) is 13.2 Å². The molecule has 0 saturated carbocycles. The molecule has 1 aromatic heterocycles. The van der Waals surface area contributed by atoms with Crippen LogP contribution in [0.1, 0.15) is 42.5 Å². The molecule has 1 aliphatic rings. The van der Waals surface area contributed by atoms with Crippen LogP contribution in [0, 0.1) is 13.8 Å². The number of carbonyl (C=O) groups excluding carboxylic acids is 3. The molecule has 2 aromatic carbocycles. The molecule has 0 radical (unpaired) electrons. The summed E-state index contributed by atoms with van der Waals surface area (Å²) in [5.74, 6) is -0.128. The SMILES string of the molecule is Cc1cc(C(=O)COC(=O)c2ccc(C(N)=O)cc2)c(C)n1CC1COc2ccccc2O1. The summed E-state index contributed by atoms with van der Waals surface area (Å²) in [6.07, 6.45) is -0.200. The predicted molar refractivity (Wildman–Crippen MR) is 120 cm³/mol. The van der Waals surface area contributed by atoms with Gasteiger partial charge in [-0.25, -0.2) is 4.79 Å². The minimum absolute atomic E-state index is 0.200. The lowest BCUT2D eigenvalue weighted by atomic mass is 10.1. The summed E-state index contributed by atoms with van der Waals surface area (Å²) >= 11 is 0. The molecular formula is C25H24N2O6. The molecule has 1 atom stereocenters. The van der Waals surface area contributed by atoms with Crippen LogP contribution in [0.25, 0.3) is 0 Å². The number of para-hydroxylation sites is 2. The van der Waals surface area contributed by atoms with Gasteiger partial charge in [0.25, 0.3) is 0 Å². The molecule has 0 saturated heterocycles. The molecule has 33 heavy (non-hydrogen) atoms. The topological polar surface area (TPSA) is 110 Å². The van der Waals surface area contributed by atoms with Gasteiger partial charge < -0.3 is 24.5 Å². The van der Waals surface area contributed by atoms with Crippen LogP contribution < -0.4 is 15.2 Å². The van der Waals surface area contributed by atoms with Crippen molar-refractivity contribution in [1.82, 2.24) is 4.57 Å². The first-order chi connectivity index (χ1) is 15.8. The predicted octanol–water partition coefficient (Wildman–Crippen LogP) is 3.08. The van der Waals surface area contributed by atoms with Gasteiger partial charge in [-0.3, -0.25) is 9.59 Å². The Morgan fingerprint density at radius 3 is 2.39 bits per heavy atom. The second kappa shape index (κ2) is 9.20. The number of hydrogen-bond acceptors (Lipinski definition) is 6. The molecule has 1 unspecified atom stereocenters. The molecule has 1 amide bonds. The first-order valence-electron chi connectivity index (χ1n) is 10.5. The van der Waals surface area contributed by atoms with E-state index in [1.54, 1.807) is 6.07 Å². The number of amides is 1. The highest BCUT2D eigenvalue weighted by Gasteiger charge is 2.24. The Kier molecular flexibility index (Phi) is 6.17. The van der Waals surface area contributed by atoms with E-state index in [0.717, 1.165) is 17.1 Å². The summed E-state index contributed by atoms with van der Waals surface area (Å²) < 4.78 is 19.0. The summed E-state index contributed by atoms with van der Waals surface area (Å²) in [7, 11) is 0. The number of nitrogens with two attached hydrogens (primary N) is 1. The summed E-state index contributed by atoms with van der Waals surface area (Å²) in [5, 5.41) is 0. The lowest BCUT2D eigenvalue weighted by molar-refractivity contribution is 0.0474. The lowest BCUT2D eigenvalue weighted by Crippen LogP contribution is -2.33. The Bertz CT molecular complexity index is 1210. The molecule has 8 nitrogen and oxygen atoms in total. The van der Waals surface area contributed by atoms with Gasteiger partial charge >= 0.3 is 5.97 Å². The van der Waals surface area contributed by atoms with Crippen molar-refractivity contribution in [3.8, 4) is 11.5 Å². The van der Waals surface area contributed by atoms with Gasteiger partial charge in [0.15, 0.2) is 24.2 Å². The monoisotopic (exact) mass is 448 g/mol. The number of benzene rings is 2. The zero-order chi connectivity index (χ0) is 23.5. The van der Waals surface area contributed by atoms with Crippen LogP contribution in [0.4, 0.5) is 0 Å². The second-order valence-corrected chi connectivity index (χ2v) is 7.83. The normalized spacial score (nSPS) is 14.5. The van der Waals surface area contributed by atoms with Gasteiger partial charge in [0.05, 0.1) is 12.1 Å². The Hall–Kier alpha value is -4.07. The molecule has 0 aliphatic carbocycles. The number of aromatic nitrogens is 1. The van der Waals surface area contributed by atoms with Crippen molar-refractivity contribution in [3.05, 3.63) is 82.7 Å². The molecule has 2 heterocycles. The van der Waals surface area contributed by atoms with Gasteiger partial charge in [-0.05, 0) is 56.3 Å². The molecular weight excluding hydrogens is 424 g/mol. The minimum atomic E-state index is -0.653. The van der Waals surface area contributed by atoms with Crippen molar-refractivity contribution in [3.63, 3.8) is 0 Å². The summed E-state index contributed by atoms with van der Waals surface area (Å²) in [5.41, 5.74) is 7.86. The fourth-order valence-corrected chi connectivity index (χ4v) is 3.78. The third kappa shape index (κ3) is 4.74. The zero-order valence-corrected chi connectivity index (χ0v) is 18.4. The molecule has 0 spiro atoms. The molecule has 0 bridgehead atoms. The number of Topliss-reactive ketones (excluding diaryl/α,β-unsaturated/α-hetero) is 1. The van der Waals surface area contributed by atoms with E-state index in [4.69, 9.17) is 19.9 Å². The van der Waals surface area contributed by atoms with Crippen LogP contribution in [0.5, 0.6) is 11.5 Å². The average molecular weight is 448 g/mol. The lowest BCUT2D eigenvalue weighted by Gasteiger charge is -2.27. The highest BCUT2D eigenvalue weighted by atomic mass is 16.6. The number of ether oxygens (including phenoxy) is 3. The quantitative estimate of drug-likeness (QED) is 0.439. The first-order valence-corrected chi connectivity index (χ1v) is 10.5. The Balaban J connectivity index is 1.39. The summed E-state index contributed by atoms with van der Waals surface area (Å²) in [6.45, 7) is 4.29. The number of nitrogens with zero attached hydrogens (tertiary/aromatic N) is 1. The Labute approximate surface area is 190 Å². The highest BCUT2D eigenvalue weighted by molar-refractivity contribution is 6.00. The van der Waals surface area contributed by atoms with Crippen molar-refractivity contribution < 1.29 is 28.6 Å². The standard InChI is InChI=1S/C25H24N2O6/c1-15-11-20(21(28)14-32-25(30)18-9-7-17(8-10-18)24(26)29)16(2)27(15)12-19-13-31-22-5-3-4-6-23(22)33-19/h3-11,19H,12-14H2,1-2H3,(H2,26,29). The van der Waals surface area contributed by atoms with Gasteiger partial charge in [-0.1, -0.05) is 12.1 Å². The van der Waals surface area contributed by atoms with Crippen LogP contribution in [0.3, 0.4) is 0 Å². The molecule has 3 aromatic rings. The van der Waals surface area contributed by atoms with Crippen LogP contribution in [0.15, 0.2) is 54.6 Å². The number of primary amides is 1. The van der Waals surface area contributed by atoms with Gasteiger partial charge in [0.1, 0.15) is 6.61 Å². The van der Waals surface area contributed by atoms with Gasteiger partial charge in [-0.2, -0.15) is 0 Å². The maximum absolute atomic E-state index is 12.8. The van der Waals surface area contributed by atoms with Crippen LogP contribution >= 0.6 is 0 Å². The Morgan fingerprint density at radius 1 is 1.03 bits per heavy atom. The minimum Gasteiger partial charge on any atom is -0.486 e. The molecule has 1 aliphatic heterocycles. The average Bonchev–Trinajstić information content (AvgIpc) is 3.10. The van der Waals surface area contributed by atoms with Crippen LogP contribution in [-0.4, -0.2) is 41.5 Å². The second-order valence-electron chi connectivity index (χ2n) is 7.83.